The lowest BCUT2D eigenvalue weighted by molar-refractivity contribution is 0.0140. The summed E-state index contributed by atoms with van der Waals surface area (Å²) >= 11 is 0. The van der Waals surface area contributed by atoms with Crippen LogP contribution in [0, 0.1) is 5.41 Å². The average molecular weight is 237 g/mol. The van der Waals surface area contributed by atoms with Gasteiger partial charge in [0.05, 0.1) is 12.5 Å². The quantitative estimate of drug-likeness (QED) is 0.855. The molecule has 17 heavy (non-hydrogen) atoms. The van der Waals surface area contributed by atoms with Crippen LogP contribution in [0.1, 0.15) is 32.3 Å². The van der Waals surface area contributed by atoms with Crippen LogP contribution >= 0.6 is 0 Å². The van der Waals surface area contributed by atoms with E-state index in [9.17, 15) is 0 Å². The lowest BCUT2D eigenvalue weighted by atomic mass is 9.75. The van der Waals surface area contributed by atoms with Crippen molar-refractivity contribution in [3.8, 4) is 0 Å². The molecule has 0 spiro atoms. The highest BCUT2D eigenvalue weighted by atomic mass is 16.5. The first-order valence-electron chi connectivity index (χ1n) is 6.52. The molecule has 1 saturated heterocycles. The van der Waals surface area contributed by atoms with E-state index >= 15 is 0 Å². The molecule has 1 aromatic heterocycles. The predicted molar refractivity (Wildman–Crippen MR) is 68.0 cm³/mol. The fraction of sp³-hybridized carbons (Fsp3) is 0.714. The predicted octanol–water partition coefficient (Wildman–Crippen LogP) is 2.62. The van der Waals surface area contributed by atoms with Crippen LogP contribution in [0.25, 0.3) is 0 Å². The summed E-state index contributed by atoms with van der Waals surface area (Å²) in [6.07, 6.45) is 6.99. The Balaban J connectivity index is 2.00. The van der Waals surface area contributed by atoms with Gasteiger partial charge in [-0.05, 0) is 36.3 Å². The van der Waals surface area contributed by atoms with Crippen LogP contribution in [0.4, 0.5) is 0 Å². The van der Waals surface area contributed by atoms with Crippen LogP contribution < -0.4 is 5.32 Å². The molecule has 0 unspecified atom stereocenters. The maximum Gasteiger partial charge on any atom is 0.0934 e. The van der Waals surface area contributed by atoms with E-state index in [1.165, 1.54) is 5.56 Å². The molecule has 2 heterocycles. The van der Waals surface area contributed by atoms with Gasteiger partial charge in [0.25, 0.3) is 0 Å². The van der Waals surface area contributed by atoms with E-state index in [1.54, 1.807) is 6.26 Å². The summed E-state index contributed by atoms with van der Waals surface area (Å²) in [5.74, 6) is 0. The monoisotopic (exact) mass is 237 g/mol. The van der Waals surface area contributed by atoms with Gasteiger partial charge in [0.2, 0.25) is 0 Å². The van der Waals surface area contributed by atoms with Crippen LogP contribution in [-0.2, 0) is 11.2 Å². The van der Waals surface area contributed by atoms with Crippen molar-refractivity contribution in [2.24, 2.45) is 5.41 Å². The maximum atomic E-state index is 5.50. The van der Waals surface area contributed by atoms with Crippen molar-refractivity contribution in [3.63, 3.8) is 0 Å². The standard InChI is InChI=1S/C14H23NO2/c1-12(2)15-11-14(4-7-16-8-5-14)9-13-3-6-17-10-13/h3,6,10,12,15H,4-5,7-9,11H2,1-2H3. The number of rotatable bonds is 5. The van der Waals surface area contributed by atoms with Gasteiger partial charge in [-0.2, -0.15) is 0 Å². The molecule has 0 saturated carbocycles. The minimum absolute atomic E-state index is 0.340. The Bertz CT molecular complexity index is 313. The molecule has 0 aromatic carbocycles. The zero-order valence-corrected chi connectivity index (χ0v) is 10.9. The van der Waals surface area contributed by atoms with Gasteiger partial charge < -0.3 is 14.5 Å². The summed E-state index contributed by atoms with van der Waals surface area (Å²) in [6.45, 7) is 7.24. The normalized spacial score (nSPS) is 19.7. The smallest absolute Gasteiger partial charge is 0.0934 e. The van der Waals surface area contributed by atoms with Gasteiger partial charge in [0.1, 0.15) is 0 Å². The van der Waals surface area contributed by atoms with Crippen molar-refractivity contribution in [3.05, 3.63) is 24.2 Å². The summed E-state index contributed by atoms with van der Waals surface area (Å²) in [5.41, 5.74) is 1.64. The summed E-state index contributed by atoms with van der Waals surface area (Å²) in [5, 5.41) is 3.58. The van der Waals surface area contributed by atoms with Crippen LogP contribution in [-0.4, -0.2) is 25.8 Å². The number of furan rings is 1. The Hall–Kier alpha value is -0.800. The summed E-state index contributed by atoms with van der Waals surface area (Å²) < 4.78 is 10.7. The van der Waals surface area contributed by atoms with E-state index in [1.807, 2.05) is 6.26 Å². The van der Waals surface area contributed by atoms with E-state index in [4.69, 9.17) is 9.15 Å². The Morgan fingerprint density at radius 2 is 2.12 bits per heavy atom. The number of hydrogen-bond donors (Lipinski definition) is 1. The van der Waals surface area contributed by atoms with Gasteiger partial charge in [-0.1, -0.05) is 13.8 Å². The molecule has 1 aliphatic heterocycles. The molecule has 0 radical (unpaired) electrons. The molecule has 1 aromatic rings. The van der Waals surface area contributed by atoms with E-state index < -0.39 is 0 Å². The van der Waals surface area contributed by atoms with Crippen molar-refractivity contribution in [2.75, 3.05) is 19.8 Å². The van der Waals surface area contributed by atoms with E-state index in [0.29, 0.717) is 11.5 Å². The molecule has 1 N–H and O–H groups in total. The third kappa shape index (κ3) is 3.58. The zero-order valence-electron chi connectivity index (χ0n) is 10.9. The third-order valence-corrected chi connectivity index (χ3v) is 3.60. The number of hydrogen-bond acceptors (Lipinski definition) is 3. The minimum Gasteiger partial charge on any atom is -0.472 e. The molecule has 0 bridgehead atoms. The lowest BCUT2D eigenvalue weighted by Gasteiger charge is -2.38. The number of ether oxygens (including phenoxy) is 1. The molecule has 0 amide bonds. The maximum absolute atomic E-state index is 5.50. The van der Waals surface area contributed by atoms with Gasteiger partial charge in [0.15, 0.2) is 0 Å². The summed E-state index contributed by atoms with van der Waals surface area (Å²) in [4.78, 5) is 0. The molecule has 96 valence electrons. The van der Waals surface area contributed by atoms with E-state index in [-0.39, 0.29) is 0 Å². The van der Waals surface area contributed by atoms with Crippen LogP contribution in [0.2, 0.25) is 0 Å². The average Bonchev–Trinajstić information content (AvgIpc) is 2.80. The van der Waals surface area contributed by atoms with Crippen molar-refractivity contribution < 1.29 is 9.15 Å². The SMILES string of the molecule is CC(C)NCC1(Cc2ccoc2)CCOCC1. The topological polar surface area (TPSA) is 34.4 Å². The molecular formula is C14H23NO2. The largest absolute Gasteiger partial charge is 0.472 e. The first kappa shape index (κ1) is 12.7. The fourth-order valence-corrected chi connectivity index (χ4v) is 2.47. The number of nitrogens with one attached hydrogen (secondary N) is 1. The summed E-state index contributed by atoms with van der Waals surface area (Å²) in [6, 6.07) is 2.62. The molecule has 1 aliphatic rings. The van der Waals surface area contributed by atoms with Gasteiger partial charge in [-0.25, -0.2) is 0 Å². The second-order valence-electron chi connectivity index (χ2n) is 5.46. The Morgan fingerprint density at radius 1 is 1.35 bits per heavy atom. The van der Waals surface area contributed by atoms with Crippen molar-refractivity contribution in [1.29, 1.82) is 0 Å². The highest BCUT2D eigenvalue weighted by Gasteiger charge is 2.32. The second kappa shape index (κ2) is 5.69. The highest BCUT2D eigenvalue weighted by Crippen LogP contribution is 2.34. The molecule has 3 heteroatoms. The Kier molecular flexibility index (Phi) is 4.24. The van der Waals surface area contributed by atoms with Crippen LogP contribution in [0.5, 0.6) is 0 Å². The first-order chi connectivity index (χ1) is 8.20. The van der Waals surface area contributed by atoms with E-state index in [0.717, 1.165) is 39.0 Å². The molecule has 1 fully saturated rings. The Morgan fingerprint density at radius 3 is 2.71 bits per heavy atom. The first-order valence-corrected chi connectivity index (χ1v) is 6.52. The molecule has 0 aliphatic carbocycles. The van der Waals surface area contributed by atoms with E-state index in [2.05, 4.69) is 25.2 Å². The van der Waals surface area contributed by atoms with Gasteiger partial charge in [-0.15, -0.1) is 0 Å². The van der Waals surface area contributed by atoms with Crippen molar-refractivity contribution >= 4 is 0 Å². The second-order valence-corrected chi connectivity index (χ2v) is 5.46. The van der Waals surface area contributed by atoms with Crippen molar-refractivity contribution in [2.45, 2.75) is 39.2 Å². The van der Waals surface area contributed by atoms with Crippen LogP contribution in [0.15, 0.2) is 23.0 Å². The zero-order chi connectivity index (χ0) is 12.1. The highest BCUT2D eigenvalue weighted by molar-refractivity contribution is 5.09. The molecule has 2 rings (SSSR count). The lowest BCUT2D eigenvalue weighted by Crippen LogP contribution is -2.42. The minimum atomic E-state index is 0.340. The van der Waals surface area contributed by atoms with Gasteiger partial charge in [-0.3, -0.25) is 0 Å². The molecular weight excluding hydrogens is 214 g/mol. The Labute approximate surface area is 104 Å². The van der Waals surface area contributed by atoms with Crippen LogP contribution in [0.3, 0.4) is 0 Å². The third-order valence-electron chi connectivity index (χ3n) is 3.60. The molecule has 0 atom stereocenters. The van der Waals surface area contributed by atoms with Gasteiger partial charge in [0, 0.05) is 25.8 Å². The fourth-order valence-electron chi connectivity index (χ4n) is 2.47. The summed E-state index contributed by atoms with van der Waals surface area (Å²) in [7, 11) is 0. The van der Waals surface area contributed by atoms with Gasteiger partial charge >= 0.3 is 0 Å². The van der Waals surface area contributed by atoms with Crippen molar-refractivity contribution in [1.82, 2.24) is 5.32 Å². The molecule has 3 nitrogen and oxygen atoms in total.